The maximum atomic E-state index is 10.7. The molecule has 18 heavy (non-hydrogen) atoms. The van der Waals surface area contributed by atoms with Gasteiger partial charge in [-0.05, 0) is 17.0 Å². The van der Waals surface area contributed by atoms with E-state index in [0.717, 1.165) is 5.56 Å². The third-order valence-electron chi connectivity index (χ3n) is 2.73. The zero-order chi connectivity index (χ0) is 13.5. The van der Waals surface area contributed by atoms with Crippen molar-refractivity contribution in [2.45, 2.75) is 26.3 Å². The van der Waals surface area contributed by atoms with E-state index in [2.05, 4.69) is 31.9 Å². The Bertz CT molecular complexity index is 429. The predicted molar refractivity (Wildman–Crippen MR) is 72.3 cm³/mol. The highest BCUT2D eigenvalue weighted by Crippen LogP contribution is 2.15. The molecule has 0 amide bonds. The summed E-state index contributed by atoms with van der Waals surface area (Å²) in [6, 6.07) is 8.21. The summed E-state index contributed by atoms with van der Waals surface area (Å²) >= 11 is 0. The van der Waals surface area contributed by atoms with Gasteiger partial charge in [-0.15, -0.1) is 6.42 Å². The zero-order valence-corrected chi connectivity index (χ0v) is 10.9. The molecule has 3 nitrogen and oxygen atoms in total. The minimum atomic E-state index is -0.857. The van der Waals surface area contributed by atoms with Crippen LogP contribution in [0.1, 0.15) is 30.9 Å². The van der Waals surface area contributed by atoms with E-state index in [1.165, 1.54) is 5.56 Å². The van der Waals surface area contributed by atoms with Crippen LogP contribution in [0.15, 0.2) is 24.3 Å². The molecule has 0 spiro atoms. The van der Waals surface area contributed by atoms with E-state index in [0.29, 0.717) is 19.0 Å². The van der Waals surface area contributed by atoms with Gasteiger partial charge < -0.3 is 5.11 Å². The lowest BCUT2D eigenvalue weighted by atomic mass is 10.0. The van der Waals surface area contributed by atoms with E-state index >= 15 is 0 Å². The second-order valence-corrected chi connectivity index (χ2v) is 4.64. The topological polar surface area (TPSA) is 40.5 Å². The van der Waals surface area contributed by atoms with Crippen LogP contribution in [0.4, 0.5) is 0 Å². The molecule has 1 aromatic rings. The van der Waals surface area contributed by atoms with Gasteiger partial charge in [0.05, 0.1) is 13.1 Å². The van der Waals surface area contributed by atoms with Crippen LogP contribution in [0.5, 0.6) is 0 Å². The van der Waals surface area contributed by atoms with E-state index in [1.54, 1.807) is 4.90 Å². The molecule has 0 aliphatic rings. The monoisotopic (exact) mass is 245 g/mol. The summed E-state index contributed by atoms with van der Waals surface area (Å²) in [5, 5.41) is 8.80. The molecule has 0 saturated heterocycles. The zero-order valence-electron chi connectivity index (χ0n) is 10.9. The Kier molecular flexibility index (Phi) is 5.41. The van der Waals surface area contributed by atoms with E-state index in [4.69, 9.17) is 11.5 Å². The van der Waals surface area contributed by atoms with Crippen LogP contribution in [-0.2, 0) is 11.3 Å². The molecule has 3 heteroatoms. The van der Waals surface area contributed by atoms with Crippen molar-refractivity contribution in [3.63, 3.8) is 0 Å². The molecule has 1 rings (SSSR count). The number of carboxylic acid groups (broad SMARTS) is 1. The van der Waals surface area contributed by atoms with Crippen LogP contribution in [0.3, 0.4) is 0 Å². The van der Waals surface area contributed by atoms with Crippen LogP contribution in [0.2, 0.25) is 0 Å². The third-order valence-corrected chi connectivity index (χ3v) is 2.73. The summed E-state index contributed by atoms with van der Waals surface area (Å²) in [5.74, 6) is 2.13. The van der Waals surface area contributed by atoms with Crippen LogP contribution < -0.4 is 0 Å². The third kappa shape index (κ3) is 4.60. The summed E-state index contributed by atoms with van der Waals surface area (Å²) in [7, 11) is 0. The quantitative estimate of drug-likeness (QED) is 0.782. The first-order valence-corrected chi connectivity index (χ1v) is 5.99. The highest BCUT2D eigenvalue weighted by atomic mass is 16.4. The average molecular weight is 245 g/mol. The Morgan fingerprint density at radius 3 is 2.44 bits per heavy atom. The second-order valence-electron chi connectivity index (χ2n) is 4.64. The van der Waals surface area contributed by atoms with Gasteiger partial charge in [0.15, 0.2) is 0 Å². The summed E-state index contributed by atoms with van der Waals surface area (Å²) < 4.78 is 0. The van der Waals surface area contributed by atoms with Crippen molar-refractivity contribution in [3.05, 3.63) is 35.4 Å². The standard InChI is InChI=1S/C15H19NO2/c1-4-9-16(11-15(17)18)10-13-5-7-14(8-6-13)12(2)3/h1,5-8,12H,9-11H2,2-3H3,(H,17,18). The highest BCUT2D eigenvalue weighted by Gasteiger charge is 2.09. The van der Waals surface area contributed by atoms with E-state index in [-0.39, 0.29) is 6.54 Å². The van der Waals surface area contributed by atoms with Crippen molar-refractivity contribution in [1.29, 1.82) is 0 Å². The van der Waals surface area contributed by atoms with E-state index < -0.39 is 5.97 Å². The minimum absolute atomic E-state index is 0.0316. The normalized spacial score (nSPS) is 10.6. The number of benzene rings is 1. The van der Waals surface area contributed by atoms with Crippen molar-refractivity contribution in [1.82, 2.24) is 4.90 Å². The number of hydrogen-bond donors (Lipinski definition) is 1. The van der Waals surface area contributed by atoms with Crippen LogP contribution in [0, 0.1) is 12.3 Å². The number of terminal acetylenes is 1. The molecule has 0 aromatic heterocycles. The number of aliphatic carboxylic acids is 1. The van der Waals surface area contributed by atoms with Gasteiger partial charge >= 0.3 is 5.97 Å². The van der Waals surface area contributed by atoms with Crippen LogP contribution in [-0.4, -0.2) is 29.1 Å². The lowest BCUT2D eigenvalue weighted by molar-refractivity contribution is -0.138. The van der Waals surface area contributed by atoms with Crippen molar-refractivity contribution >= 4 is 5.97 Å². The first-order valence-electron chi connectivity index (χ1n) is 5.99. The largest absolute Gasteiger partial charge is 0.480 e. The van der Waals surface area contributed by atoms with Crippen molar-refractivity contribution < 1.29 is 9.90 Å². The second kappa shape index (κ2) is 6.83. The van der Waals surface area contributed by atoms with Gasteiger partial charge in [0, 0.05) is 6.54 Å². The summed E-state index contributed by atoms with van der Waals surface area (Å²) in [6.45, 7) is 5.16. The fraction of sp³-hybridized carbons (Fsp3) is 0.400. The number of rotatable bonds is 6. The molecule has 1 N–H and O–H groups in total. The molecular formula is C15H19NO2. The summed E-state index contributed by atoms with van der Waals surface area (Å²) in [4.78, 5) is 12.4. The first kappa shape index (κ1) is 14.3. The fourth-order valence-electron chi connectivity index (χ4n) is 1.75. The Hall–Kier alpha value is -1.79. The van der Waals surface area contributed by atoms with Gasteiger partial charge in [-0.1, -0.05) is 44.0 Å². The Morgan fingerprint density at radius 2 is 2.00 bits per heavy atom. The highest BCUT2D eigenvalue weighted by molar-refractivity contribution is 5.69. The Morgan fingerprint density at radius 1 is 1.39 bits per heavy atom. The fourth-order valence-corrected chi connectivity index (χ4v) is 1.75. The van der Waals surface area contributed by atoms with Gasteiger partial charge in [0.1, 0.15) is 0 Å². The molecule has 1 aromatic carbocycles. The lowest BCUT2D eigenvalue weighted by Gasteiger charge is -2.17. The SMILES string of the molecule is C#CCN(CC(=O)O)Cc1ccc(C(C)C)cc1. The van der Waals surface area contributed by atoms with Crippen molar-refractivity contribution in [2.75, 3.05) is 13.1 Å². The van der Waals surface area contributed by atoms with Gasteiger partial charge in [0.2, 0.25) is 0 Å². The lowest BCUT2D eigenvalue weighted by Crippen LogP contribution is -2.29. The van der Waals surface area contributed by atoms with E-state index in [1.807, 2.05) is 12.1 Å². The molecule has 0 aliphatic heterocycles. The van der Waals surface area contributed by atoms with Crippen LogP contribution >= 0.6 is 0 Å². The van der Waals surface area contributed by atoms with Gasteiger partial charge in [-0.2, -0.15) is 0 Å². The summed E-state index contributed by atoms with van der Waals surface area (Å²) in [6.07, 6.45) is 5.24. The maximum Gasteiger partial charge on any atom is 0.317 e. The molecule has 0 fully saturated rings. The Balaban J connectivity index is 2.69. The molecule has 0 unspecified atom stereocenters. The maximum absolute atomic E-state index is 10.7. The molecule has 0 bridgehead atoms. The van der Waals surface area contributed by atoms with E-state index in [9.17, 15) is 4.79 Å². The number of nitrogens with zero attached hydrogens (tertiary/aromatic N) is 1. The predicted octanol–water partition coefficient (Wildman–Crippen LogP) is 2.33. The molecule has 0 heterocycles. The molecule has 0 saturated carbocycles. The summed E-state index contributed by atoms with van der Waals surface area (Å²) in [5.41, 5.74) is 2.36. The number of hydrogen-bond acceptors (Lipinski definition) is 2. The van der Waals surface area contributed by atoms with Gasteiger partial charge in [-0.3, -0.25) is 9.69 Å². The van der Waals surface area contributed by atoms with Crippen molar-refractivity contribution in [2.24, 2.45) is 0 Å². The first-order chi connectivity index (χ1) is 8.52. The van der Waals surface area contributed by atoms with Crippen LogP contribution in [0.25, 0.3) is 0 Å². The van der Waals surface area contributed by atoms with Crippen molar-refractivity contribution in [3.8, 4) is 12.3 Å². The molecule has 0 aliphatic carbocycles. The average Bonchev–Trinajstić information content (AvgIpc) is 2.29. The van der Waals surface area contributed by atoms with Gasteiger partial charge in [-0.25, -0.2) is 0 Å². The molecule has 0 radical (unpaired) electrons. The smallest absolute Gasteiger partial charge is 0.317 e. The van der Waals surface area contributed by atoms with Gasteiger partial charge in [0.25, 0.3) is 0 Å². The Labute approximate surface area is 108 Å². The molecule has 96 valence electrons. The number of carboxylic acids is 1. The minimum Gasteiger partial charge on any atom is -0.480 e. The molecule has 0 atom stereocenters. The number of carbonyl (C=O) groups is 1. The molecular weight excluding hydrogens is 226 g/mol.